The Bertz CT molecular complexity index is 323. The lowest BCUT2D eigenvalue weighted by molar-refractivity contribution is -0.175. The topological polar surface area (TPSA) is 0 Å². The standard InChI is InChI=1S/C8H2F12/c9-5(10,11)3(6(12,13)14)1-2-4(7(15,16)17)8(18,19)20/h1-2H. The lowest BCUT2D eigenvalue weighted by Crippen LogP contribution is -2.28. The molecule has 0 radical (unpaired) electrons. The van der Waals surface area contributed by atoms with E-state index in [1.54, 1.807) is 0 Å². The van der Waals surface area contributed by atoms with Crippen LogP contribution in [0.4, 0.5) is 52.7 Å². The van der Waals surface area contributed by atoms with Crippen LogP contribution in [0.5, 0.6) is 0 Å². The zero-order chi connectivity index (χ0) is 16.6. The Hall–Kier alpha value is -1.36. The average Bonchev–Trinajstić information content (AvgIpc) is 2.02. The van der Waals surface area contributed by atoms with E-state index in [1.165, 1.54) is 0 Å². The SMILES string of the molecule is FC(F)(F)C(=CC=C(C(F)(F)F)C(F)(F)F)C(F)(F)F. The number of alkyl halides is 12. The molecule has 0 aliphatic rings. The molecule has 118 valence electrons. The first kappa shape index (κ1) is 18.6. The highest BCUT2D eigenvalue weighted by Gasteiger charge is 2.53. The van der Waals surface area contributed by atoms with Crippen LogP contribution in [-0.4, -0.2) is 24.7 Å². The van der Waals surface area contributed by atoms with Gasteiger partial charge in [-0.05, 0) is 12.2 Å². The van der Waals surface area contributed by atoms with Gasteiger partial charge in [0, 0.05) is 0 Å². The summed E-state index contributed by atoms with van der Waals surface area (Å²) in [5.41, 5.74) is -6.98. The second-order valence-electron chi connectivity index (χ2n) is 3.15. The van der Waals surface area contributed by atoms with Gasteiger partial charge in [-0.3, -0.25) is 0 Å². The van der Waals surface area contributed by atoms with Crippen molar-refractivity contribution in [3.63, 3.8) is 0 Å². The third-order valence-electron chi connectivity index (χ3n) is 1.64. The minimum atomic E-state index is -6.16. The van der Waals surface area contributed by atoms with Gasteiger partial charge in [0.15, 0.2) is 0 Å². The van der Waals surface area contributed by atoms with Crippen LogP contribution in [0.2, 0.25) is 0 Å². The van der Waals surface area contributed by atoms with E-state index in [0.29, 0.717) is 0 Å². The van der Waals surface area contributed by atoms with E-state index in [-0.39, 0.29) is 0 Å². The first-order chi connectivity index (χ1) is 8.47. The molecule has 0 rings (SSSR count). The lowest BCUT2D eigenvalue weighted by atomic mass is 10.1. The van der Waals surface area contributed by atoms with Crippen LogP contribution in [0.3, 0.4) is 0 Å². The van der Waals surface area contributed by atoms with Crippen molar-refractivity contribution in [2.75, 3.05) is 0 Å². The van der Waals surface area contributed by atoms with Gasteiger partial charge in [-0.15, -0.1) is 0 Å². The van der Waals surface area contributed by atoms with Gasteiger partial charge in [-0.25, -0.2) is 0 Å². The van der Waals surface area contributed by atoms with Crippen LogP contribution in [0.1, 0.15) is 0 Å². The summed E-state index contributed by atoms with van der Waals surface area (Å²) in [6.45, 7) is 0. The van der Waals surface area contributed by atoms with Crippen molar-refractivity contribution < 1.29 is 52.7 Å². The van der Waals surface area contributed by atoms with Crippen LogP contribution in [0.15, 0.2) is 23.3 Å². The van der Waals surface area contributed by atoms with Gasteiger partial charge >= 0.3 is 24.7 Å². The number of hydrogen-bond acceptors (Lipinski definition) is 0. The number of rotatable bonds is 1. The van der Waals surface area contributed by atoms with E-state index >= 15 is 0 Å². The molecular formula is C8H2F12. The van der Waals surface area contributed by atoms with Gasteiger partial charge < -0.3 is 0 Å². The Morgan fingerprint density at radius 1 is 0.400 bits per heavy atom. The van der Waals surface area contributed by atoms with Crippen molar-refractivity contribution in [2.45, 2.75) is 24.7 Å². The minimum absolute atomic E-state index is 1.31. The second kappa shape index (κ2) is 5.20. The van der Waals surface area contributed by atoms with Crippen LogP contribution in [0.25, 0.3) is 0 Å². The normalized spacial score (nSPS) is 14.0. The maximum Gasteiger partial charge on any atom is 0.421 e. The van der Waals surface area contributed by atoms with Crippen LogP contribution < -0.4 is 0 Å². The van der Waals surface area contributed by atoms with Crippen molar-refractivity contribution >= 4 is 0 Å². The fourth-order valence-electron chi connectivity index (χ4n) is 0.866. The fraction of sp³-hybridized carbons (Fsp3) is 0.500. The zero-order valence-corrected chi connectivity index (χ0v) is 8.69. The monoisotopic (exact) mass is 326 g/mol. The Balaban J connectivity index is 5.95. The molecule has 0 aliphatic heterocycles. The lowest BCUT2D eigenvalue weighted by Gasteiger charge is -2.16. The molecule has 0 N–H and O–H groups in total. The summed E-state index contributed by atoms with van der Waals surface area (Å²) in [5, 5.41) is 0. The van der Waals surface area contributed by atoms with Crippen LogP contribution in [-0.2, 0) is 0 Å². The third kappa shape index (κ3) is 5.33. The van der Waals surface area contributed by atoms with Gasteiger partial charge in [0.25, 0.3) is 0 Å². The molecule has 0 amide bonds. The molecule has 0 aromatic rings. The Kier molecular flexibility index (Phi) is 4.85. The molecular weight excluding hydrogens is 324 g/mol. The van der Waals surface area contributed by atoms with E-state index in [9.17, 15) is 52.7 Å². The highest BCUT2D eigenvalue weighted by Crippen LogP contribution is 2.41. The second-order valence-corrected chi connectivity index (χ2v) is 3.15. The molecule has 0 saturated carbocycles. The van der Waals surface area contributed by atoms with Crippen molar-refractivity contribution in [3.8, 4) is 0 Å². The van der Waals surface area contributed by atoms with Gasteiger partial charge in [0.2, 0.25) is 0 Å². The summed E-state index contributed by atoms with van der Waals surface area (Å²) in [6, 6.07) is 0. The Labute approximate surface area is 102 Å². The van der Waals surface area contributed by atoms with E-state index in [0.717, 1.165) is 0 Å². The summed E-state index contributed by atoms with van der Waals surface area (Å²) < 4.78 is 143. The van der Waals surface area contributed by atoms with E-state index < -0.39 is 48.0 Å². The van der Waals surface area contributed by atoms with Crippen molar-refractivity contribution in [3.05, 3.63) is 23.3 Å². The largest absolute Gasteiger partial charge is 0.421 e. The third-order valence-corrected chi connectivity index (χ3v) is 1.64. The van der Waals surface area contributed by atoms with E-state index in [2.05, 4.69) is 0 Å². The van der Waals surface area contributed by atoms with Gasteiger partial charge in [-0.2, -0.15) is 52.7 Å². The number of hydrogen-bond donors (Lipinski definition) is 0. The number of halogens is 12. The molecule has 0 aliphatic carbocycles. The first-order valence-electron chi connectivity index (χ1n) is 4.18. The molecule has 0 aromatic carbocycles. The maximum absolute atomic E-state index is 11.9. The van der Waals surface area contributed by atoms with Gasteiger partial charge in [0.1, 0.15) is 11.1 Å². The quantitative estimate of drug-likeness (QED) is 0.465. The van der Waals surface area contributed by atoms with Crippen molar-refractivity contribution in [1.29, 1.82) is 0 Å². The van der Waals surface area contributed by atoms with Crippen molar-refractivity contribution in [2.24, 2.45) is 0 Å². The minimum Gasteiger partial charge on any atom is -0.166 e. The molecule has 0 saturated heterocycles. The Morgan fingerprint density at radius 3 is 0.650 bits per heavy atom. The summed E-state index contributed by atoms with van der Waals surface area (Å²) >= 11 is 0. The molecule has 0 aromatic heterocycles. The average molecular weight is 326 g/mol. The highest BCUT2D eigenvalue weighted by molar-refractivity contribution is 5.28. The summed E-state index contributed by atoms with van der Waals surface area (Å²) in [5.74, 6) is 0. The van der Waals surface area contributed by atoms with E-state index in [4.69, 9.17) is 0 Å². The summed E-state index contributed by atoms with van der Waals surface area (Å²) in [7, 11) is 0. The molecule has 0 nitrogen and oxygen atoms in total. The molecule has 0 heterocycles. The van der Waals surface area contributed by atoms with Gasteiger partial charge in [-0.1, -0.05) is 0 Å². The molecule has 0 fully saturated rings. The molecule has 0 bridgehead atoms. The highest BCUT2D eigenvalue weighted by atomic mass is 19.4. The molecule has 0 spiro atoms. The molecule has 20 heavy (non-hydrogen) atoms. The van der Waals surface area contributed by atoms with Gasteiger partial charge in [0.05, 0.1) is 0 Å². The smallest absolute Gasteiger partial charge is 0.166 e. The summed E-state index contributed by atoms with van der Waals surface area (Å²) in [6.07, 6.45) is -27.2. The molecule has 12 heteroatoms. The summed E-state index contributed by atoms with van der Waals surface area (Å²) in [4.78, 5) is 0. The van der Waals surface area contributed by atoms with Crippen molar-refractivity contribution in [1.82, 2.24) is 0 Å². The van der Waals surface area contributed by atoms with Crippen LogP contribution >= 0.6 is 0 Å². The predicted molar refractivity (Wildman–Crippen MR) is 40.4 cm³/mol. The number of allylic oxidation sites excluding steroid dienone is 4. The molecule has 0 atom stereocenters. The van der Waals surface area contributed by atoms with E-state index in [1.807, 2.05) is 0 Å². The first-order valence-corrected chi connectivity index (χ1v) is 4.18. The predicted octanol–water partition coefficient (Wildman–Crippen LogP) is 5.09. The Morgan fingerprint density at radius 2 is 0.550 bits per heavy atom. The van der Waals surface area contributed by atoms with Crippen LogP contribution in [0, 0.1) is 0 Å². The fourth-order valence-corrected chi connectivity index (χ4v) is 0.866. The molecule has 0 unspecified atom stereocenters. The maximum atomic E-state index is 11.9. The zero-order valence-electron chi connectivity index (χ0n) is 8.69.